The number of hydrogen-bond donors (Lipinski definition) is 2. The van der Waals surface area contributed by atoms with E-state index in [0.29, 0.717) is 16.7 Å². The van der Waals surface area contributed by atoms with Gasteiger partial charge in [-0.1, -0.05) is 0 Å². The first-order chi connectivity index (χ1) is 10.2. The Morgan fingerprint density at radius 3 is 2.77 bits per heavy atom. The zero-order valence-corrected chi connectivity index (χ0v) is 12.7. The van der Waals surface area contributed by atoms with Crippen LogP contribution in [0.3, 0.4) is 0 Å². The van der Waals surface area contributed by atoms with Crippen molar-refractivity contribution in [3.8, 4) is 0 Å². The number of aryl methyl sites for hydroxylation is 1. The molecule has 0 fully saturated rings. The topological polar surface area (TPSA) is 85.8 Å². The van der Waals surface area contributed by atoms with Gasteiger partial charge in [0.05, 0.1) is 30.2 Å². The molecule has 2 aromatic heterocycles. The number of alkyl halides is 2. The number of nitrogens with one attached hydrogen (secondary N) is 1. The Hall–Kier alpha value is -2.09. The van der Waals surface area contributed by atoms with Crippen molar-refractivity contribution in [3.05, 3.63) is 23.5 Å². The number of rotatable bonds is 5. The molecule has 0 spiro atoms. The number of carbonyl (C=O) groups excluding carboxylic acids is 1. The van der Waals surface area contributed by atoms with Gasteiger partial charge in [-0.05, 0) is 26.8 Å². The number of aromatic nitrogens is 3. The normalized spacial score (nSPS) is 12.1. The summed E-state index contributed by atoms with van der Waals surface area (Å²) in [7, 11) is 0. The zero-order chi connectivity index (χ0) is 16.5. The number of carbonyl (C=O) groups is 1. The van der Waals surface area contributed by atoms with Crippen LogP contribution in [-0.2, 0) is 0 Å². The second kappa shape index (κ2) is 5.96. The summed E-state index contributed by atoms with van der Waals surface area (Å²) in [5.41, 5.74) is 6.41. The van der Waals surface area contributed by atoms with E-state index < -0.39 is 24.9 Å². The Morgan fingerprint density at radius 1 is 1.50 bits per heavy atom. The summed E-state index contributed by atoms with van der Waals surface area (Å²) in [5.74, 6) is -3.72. The van der Waals surface area contributed by atoms with Crippen molar-refractivity contribution in [1.82, 2.24) is 20.1 Å². The summed E-state index contributed by atoms with van der Waals surface area (Å²) in [4.78, 5) is 16.6. The molecule has 0 bridgehead atoms. The predicted molar refractivity (Wildman–Crippen MR) is 79.0 cm³/mol. The van der Waals surface area contributed by atoms with E-state index in [1.54, 1.807) is 17.7 Å². The SMILES string of the molecule is Cc1cc(C(=O)NCC(F)(F)CN)c2cnn(C(C)C)c2n1. The maximum atomic E-state index is 13.2. The third-order valence-corrected chi connectivity index (χ3v) is 3.23. The van der Waals surface area contributed by atoms with Crippen molar-refractivity contribution in [2.75, 3.05) is 13.1 Å². The molecule has 0 saturated carbocycles. The molecule has 2 rings (SSSR count). The first-order valence-electron chi connectivity index (χ1n) is 6.96. The van der Waals surface area contributed by atoms with Crippen LogP contribution >= 0.6 is 0 Å². The lowest BCUT2D eigenvalue weighted by atomic mass is 10.1. The molecule has 8 heteroatoms. The Kier molecular flexibility index (Phi) is 4.41. The van der Waals surface area contributed by atoms with E-state index in [2.05, 4.69) is 15.4 Å². The molecule has 2 heterocycles. The largest absolute Gasteiger partial charge is 0.346 e. The van der Waals surface area contributed by atoms with Gasteiger partial charge in [-0.2, -0.15) is 5.10 Å². The van der Waals surface area contributed by atoms with Crippen molar-refractivity contribution in [1.29, 1.82) is 0 Å². The number of hydrogen-bond acceptors (Lipinski definition) is 4. The highest BCUT2D eigenvalue weighted by Crippen LogP contribution is 2.21. The predicted octanol–water partition coefficient (Wildman–Crippen LogP) is 1.64. The Morgan fingerprint density at radius 2 is 2.18 bits per heavy atom. The van der Waals surface area contributed by atoms with Crippen LogP contribution in [0.25, 0.3) is 11.0 Å². The minimum atomic E-state index is -3.13. The maximum Gasteiger partial charge on any atom is 0.277 e. The van der Waals surface area contributed by atoms with Gasteiger partial charge < -0.3 is 11.1 Å². The van der Waals surface area contributed by atoms with Gasteiger partial charge in [0.2, 0.25) is 0 Å². The van der Waals surface area contributed by atoms with E-state index in [1.165, 1.54) is 6.20 Å². The van der Waals surface area contributed by atoms with Crippen LogP contribution in [0.15, 0.2) is 12.3 Å². The van der Waals surface area contributed by atoms with Gasteiger partial charge in [0.15, 0.2) is 5.65 Å². The summed E-state index contributed by atoms with van der Waals surface area (Å²) >= 11 is 0. The van der Waals surface area contributed by atoms with Crippen LogP contribution < -0.4 is 11.1 Å². The van der Waals surface area contributed by atoms with E-state index in [0.717, 1.165) is 0 Å². The van der Waals surface area contributed by atoms with Crippen molar-refractivity contribution < 1.29 is 13.6 Å². The van der Waals surface area contributed by atoms with Crippen molar-refractivity contribution in [3.63, 3.8) is 0 Å². The molecule has 0 radical (unpaired) electrons. The summed E-state index contributed by atoms with van der Waals surface area (Å²) in [6, 6.07) is 1.63. The molecule has 0 aliphatic heterocycles. The molecule has 0 unspecified atom stereocenters. The van der Waals surface area contributed by atoms with Crippen molar-refractivity contribution in [2.45, 2.75) is 32.7 Å². The fourth-order valence-corrected chi connectivity index (χ4v) is 2.09. The molecular formula is C14H19F2N5O. The Bertz CT molecular complexity index is 696. The molecule has 120 valence electrons. The van der Waals surface area contributed by atoms with E-state index in [-0.39, 0.29) is 11.6 Å². The number of nitrogens with zero attached hydrogens (tertiary/aromatic N) is 3. The lowest BCUT2D eigenvalue weighted by Gasteiger charge is -2.15. The summed E-state index contributed by atoms with van der Waals surface area (Å²) in [6.07, 6.45) is 1.53. The van der Waals surface area contributed by atoms with Crippen LogP contribution in [0.2, 0.25) is 0 Å². The Labute approximate surface area is 126 Å². The van der Waals surface area contributed by atoms with Crippen LogP contribution in [0, 0.1) is 6.92 Å². The second-order valence-electron chi connectivity index (χ2n) is 5.47. The molecular weight excluding hydrogens is 292 g/mol. The minimum absolute atomic E-state index is 0.0734. The van der Waals surface area contributed by atoms with Crippen molar-refractivity contribution in [2.24, 2.45) is 5.73 Å². The summed E-state index contributed by atoms with van der Waals surface area (Å²) in [5, 5.41) is 6.96. The van der Waals surface area contributed by atoms with Gasteiger partial charge in [-0.25, -0.2) is 18.4 Å². The molecule has 3 N–H and O–H groups in total. The maximum absolute atomic E-state index is 13.2. The third-order valence-electron chi connectivity index (χ3n) is 3.23. The van der Waals surface area contributed by atoms with E-state index in [9.17, 15) is 13.6 Å². The highest BCUT2D eigenvalue weighted by atomic mass is 19.3. The molecule has 0 saturated heterocycles. The third kappa shape index (κ3) is 3.22. The fraction of sp³-hybridized carbons (Fsp3) is 0.500. The highest BCUT2D eigenvalue weighted by Gasteiger charge is 2.28. The van der Waals surface area contributed by atoms with Crippen LogP contribution in [0.5, 0.6) is 0 Å². The monoisotopic (exact) mass is 311 g/mol. The van der Waals surface area contributed by atoms with Crippen LogP contribution in [0.1, 0.15) is 35.9 Å². The molecule has 6 nitrogen and oxygen atoms in total. The van der Waals surface area contributed by atoms with E-state index in [1.807, 2.05) is 13.8 Å². The second-order valence-corrected chi connectivity index (χ2v) is 5.47. The lowest BCUT2D eigenvalue weighted by molar-refractivity contribution is 0.0119. The fourth-order valence-electron chi connectivity index (χ4n) is 2.09. The quantitative estimate of drug-likeness (QED) is 0.879. The van der Waals surface area contributed by atoms with Gasteiger partial charge in [-0.15, -0.1) is 0 Å². The molecule has 2 aromatic rings. The molecule has 1 amide bonds. The van der Waals surface area contributed by atoms with Crippen LogP contribution in [-0.4, -0.2) is 39.7 Å². The lowest BCUT2D eigenvalue weighted by Crippen LogP contribution is -2.41. The minimum Gasteiger partial charge on any atom is -0.346 e. The smallest absolute Gasteiger partial charge is 0.277 e. The van der Waals surface area contributed by atoms with E-state index in [4.69, 9.17) is 5.73 Å². The van der Waals surface area contributed by atoms with Gasteiger partial charge in [-0.3, -0.25) is 4.79 Å². The standard InChI is InChI=1S/C14H19F2N5O/c1-8(2)21-12-11(5-19-21)10(4-9(3)20-12)13(22)18-7-14(15,16)6-17/h4-5,8H,6-7,17H2,1-3H3,(H,18,22). The highest BCUT2D eigenvalue weighted by molar-refractivity contribution is 6.05. The first-order valence-corrected chi connectivity index (χ1v) is 6.96. The first kappa shape index (κ1) is 16.3. The molecule has 0 aliphatic carbocycles. The van der Waals surface area contributed by atoms with Gasteiger partial charge in [0.1, 0.15) is 0 Å². The number of nitrogens with two attached hydrogens (primary N) is 1. The average molecular weight is 311 g/mol. The van der Waals surface area contributed by atoms with Crippen LogP contribution in [0.4, 0.5) is 8.78 Å². The van der Waals surface area contributed by atoms with E-state index >= 15 is 0 Å². The summed E-state index contributed by atoms with van der Waals surface area (Å²) < 4.78 is 28.0. The molecule has 22 heavy (non-hydrogen) atoms. The number of halogens is 2. The number of pyridine rings is 1. The zero-order valence-electron chi connectivity index (χ0n) is 12.7. The average Bonchev–Trinajstić information content (AvgIpc) is 2.87. The van der Waals surface area contributed by atoms with Crippen molar-refractivity contribution >= 4 is 16.9 Å². The molecule has 0 atom stereocenters. The number of fused-ring (bicyclic) bond motifs is 1. The van der Waals surface area contributed by atoms with Gasteiger partial charge >= 0.3 is 0 Å². The Balaban J connectivity index is 2.37. The van der Waals surface area contributed by atoms with Gasteiger partial charge in [0, 0.05) is 11.7 Å². The molecule has 0 aliphatic rings. The summed E-state index contributed by atoms with van der Waals surface area (Å²) in [6.45, 7) is 4.01. The van der Waals surface area contributed by atoms with Gasteiger partial charge in [0.25, 0.3) is 11.8 Å². The molecule has 0 aromatic carbocycles. The number of amides is 1.